The molecule has 2 atom stereocenters. The standard InChI is InChI=1S/C58H38N2O2/c1-6-16-37(17-7-1)42-26-29-54-49(34-42)55-50(58-59-51(40-22-12-4-13-23-40)36-52(60-58)41-24-14-5-15-25-41)35-48-47-33-43(27-28-53(47)61-56(48)57(55)62-54)46-31-44(38-18-8-2-9-19-38)30-45(32-46)39-20-10-3-11-21-39/h1-36,49,54H. The SMILES string of the molecule is C1=CC2Oc3c(c(-c4nc(-c5ccccc5)cc(-c5ccccc5)n4)cc4c3oc3ccc(-c5cc(-c6ccccc6)cc(-c6ccccc6)c5)cc34)C2C=C1c1ccccc1. The lowest BCUT2D eigenvalue weighted by Crippen LogP contribution is -2.17. The fourth-order valence-electron chi connectivity index (χ4n) is 9.16. The van der Waals surface area contributed by atoms with Gasteiger partial charge in [-0.1, -0.05) is 170 Å². The lowest BCUT2D eigenvalue weighted by molar-refractivity contribution is 0.269. The van der Waals surface area contributed by atoms with Crippen molar-refractivity contribution in [2.45, 2.75) is 12.0 Å². The van der Waals surface area contributed by atoms with Gasteiger partial charge in [0.05, 0.1) is 11.4 Å². The minimum atomic E-state index is -0.214. The summed E-state index contributed by atoms with van der Waals surface area (Å²) in [5.41, 5.74) is 16.5. The molecule has 4 nitrogen and oxygen atoms in total. The van der Waals surface area contributed by atoms with E-state index < -0.39 is 0 Å². The van der Waals surface area contributed by atoms with Gasteiger partial charge in [-0.25, -0.2) is 9.97 Å². The number of rotatable bonds is 7. The predicted molar refractivity (Wildman–Crippen MR) is 253 cm³/mol. The second kappa shape index (κ2) is 14.9. The summed E-state index contributed by atoms with van der Waals surface area (Å²) < 4.78 is 13.8. The van der Waals surface area contributed by atoms with Crippen molar-refractivity contribution in [2.24, 2.45) is 0 Å². The highest BCUT2D eigenvalue weighted by Crippen LogP contribution is 2.53. The largest absolute Gasteiger partial charge is 0.481 e. The van der Waals surface area contributed by atoms with Gasteiger partial charge < -0.3 is 9.15 Å². The molecule has 0 amide bonds. The smallest absolute Gasteiger partial charge is 0.177 e. The summed E-state index contributed by atoms with van der Waals surface area (Å²) in [6.45, 7) is 0. The molecule has 0 saturated carbocycles. The van der Waals surface area contributed by atoms with Crippen molar-refractivity contribution < 1.29 is 9.15 Å². The van der Waals surface area contributed by atoms with Crippen molar-refractivity contribution in [3.8, 4) is 73.0 Å². The molecule has 8 aromatic carbocycles. The molecule has 12 rings (SSSR count). The lowest BCUT2D eigenvalue weighted by atomic mass is 9.84. The number of hydrogen-bond acceptors (Lipinski definition) is 4. The van der Waals surface area contributed by atoms with Crippen molar-refractivity contribution in [1.82, 2.24) is 9.97 Å². The maximum absolute atomic E-state index is 6.99. The zero-order valence-electron chi connectivity index (χ0n) is 33.7. The van der Waals surface area contributed by atoms with Gasteiger partial charge in [0, 0.05) is 38.9 Å². The Labute approximate surface area is 359 Å². The van der Waals surface area contributed by atoms with Gasteiger partial charge in [0.2, 0.25) is 0 Å². The zero-order chi connectivity index (χ0) is 41.0. The van der Waals surface area contributed by atoms with Gasteiger partial charge in [-0.05, 0) is 93.1 Å². The fraction of sp³-hybridized carbons (Fsp3) is 0.0345. The quantitative estimate of drug-likeness (QED) is 0.161. The molecule has 0 radical (unpaired) electrons. The first kappa shape index (κ1) is 35.8. The van der Waals surface area contributed by atoms with Crippen LogP contribution < -0.4 is 4.74 Å². The molecule has 2 aliphatic rings. The second-order valence-electron chi connectivity index (χ2n) is 16.0. The summed E-state index contributed by atoms with van der Waals surface area (Å²) in [7, 11) is 0. The van der Waals surface area contributed by atoms with Crippen LogP contribution in [0.15, 0.2) is 223 Å². The first-order chi connectivity index (χ1) is 30.7. The van der Waals surface area contributed by atoms with Crippen molar-refractivity contribution >= 4 is 27.5 Å². The van der Waals surface area contributed by atoms with E-state index in [0.29, 0.717) is 5.82 Å². The normalized spacial score (nSPS) is 15.3. The summed E-state index contributed by atoms with van der Waals surface area (Å²) in [6, 6.07) is 70.2. The van der Waals surface area contributed by atoms with Crippen LogP contribution in [0.5, 0.6) is 5.75 Å². The molecule has 0 bridgehead atoms. The summed E-state index contributed by atoms with van der Waals surface area (Å²) in [4.78, 5) is 10.7. The maximum atomic E-state index is 6.99. The Bertz CT molecular complexity index is 3240. The molecule has 4 heteroatoms. The lowest BCUT2D eigenvalue weighted by Gasteiger charge is -2.20. The van der Waals surface area contributed by atoms with Gasteiger partial charge in [-0.3, -0.25) is 0 Å². The van der Waals surface area contributed by atoms with E-state index in [-0.39, 0.29) is 12.0 Å². The Morgan fingerprint density at radius 1 is 0.419 bits per heavy atom. The van der Waals surface area contributed by atoms with Crippen LogP contribution in [0.4, 0.5) is 0 Å². The zero-order valence-corrected chi connectivity index (χ0v) is 33.7. The highest BCUT2D eigenvalue weighted by molar-refractivity contribution is 6.11. The Morgan fingerprint density at radius 3 is 1.50 bits per heavy atom. The Balaban J connectivity index is 1.10. The molecule has 0 N–H and O–H groups in total. The van der Waals surface area contributed by atoms with Gasteiger partial charge in [0.1, 0.15) is 11.7 Å². The molecule has 10 aromatic rings. The van der Waals surface area contributed by atoms with Crippen molar-refractivity contribution in [1.29, 1.82) is 0 Å². The van der Waals surface area contributed by atoms with Crippen molar-refractivity contribution in [3.63, 3.8) is 0 Å². The van der Waals surface area contributed by atoms with E-state index in [1.165, 1.54) is 11.1 Å². The van der Waals surface area contributed by atoms with Crippen LogP contribution in [0.25, 0.3) is 94.8 Å². The van der Waals surface area contributed by atoms with Gasteiger partial charge in [0.25, 0.3) is 0 Å². The topological polar surface area (TPSA) is 48.2 Å². The summed E-state index contributed by atoms with van der Waals surface area (Å²) in [5.74, 6) is 1.30. The summed E-state index contributed by atoms with van der Waals surface area (Å²) in [6.07, 6.45) is 6.49. The van der Waals surface area contributed by atoms with E-state index in [1.807, 2.05) is 12.1 Å². The molecule has 2 aromatic heterocycles. The average molecular weight is 795 g/mol. The number of fused-ring (bicyclic) bond motifs is 7. The van der Waals surface area contributed by atoms with E-state index >= 15 is 0 Å². The molecule has 0 spiro atoms. The number of allylic oxidation sites excluding steroid dienone is 2. The van der Waals surface area contributed by atoms with Gasteiger partial charge in [-0.2, -0.15) is 0 Å². The Morgan fingerprint density at radius 2 is 0.935 bits per heavy atom. The van der Waals surface area contributed by atoms with Crippen LogP contribution in [0, 0.1) is 0 Å². The van der Waals surface area contributed by atoms with Crippen LogP contribution in [-0.2, 0) is 0 Å². The molecule has 3 heterocycles. The fourth-order valence-corrected chi connectivity index (χ4v) is 9.16. The molecule has 1 aliphatic heterocycles. The first-order valence-corrected chi connectivity index (χ1v) is 21.1. The monoisotopic (exact) mass is 794 g/mol. The molecular weight excluding hydrogens is 757 g/mol. The van der Waals surface area contributed by atoms with Crippen molar-refractivity contribution in [2.75, 3.05) is 0 Å². The molecule has 0 saturated heterocycles. The average Bonchev–Trinajstić information content (AvgIpc) is 3.93. The highest BCUT2D eigenvalue weighted by Gasteiger charge is 2.39. The van der Waals surface area contributed by atoms with E-state index in [1.54, 1.807) is 0 Å². The minimum absolute atomic E-state index is 0.0883. The minimum Gasteiger partial charge on any atom is -0.481 e. The van der Waals surface area contributed by atoms with Gasteiger partial charge in [-0.15, -0.1) is 0 Å². The second-order valence-corrected chi connectivity index (χ2v) is 16.0. The van der Waals surface area contributed by atoms with Crippen LogP contribution in [0.2, 0.25) is 0 Å². The predicted octanol–water partition coefficient (Wildman–Crippen LogP) is 14.9. The number of furan rings is 1. The number of nitrogens with zero attached hydrogens (tertiary/aromatic N) is 2. The van der Waals surface area contributed by atoms with E-state index in [9.17, 15) is 0 Å². The van der Waals surface area contributed by atoms with Crippen molar-refractivity contribution in [3.05, 3.63) is 230 Å². The van der Waals surface area contributed by atoms with E-state index in [4.69, 9.17) is 19.1 Å². The summed E-state index contributed by atoms with van der Waals surface area (Å²) in [5, 5.41) is 1.97. The van der Waals surface area contributed by atoms with E-state index in [2.05, 4.69) is 206 Å². The maximum Gasteiger partial charge on any atom is 0.177 e. The third kappa shape index (κ3) is 6.32. The van der Waals surface area contributed by atoms with Crippen LogP contribution in [0.3, 0.4) is 0 Å². The number of benzene rings is 8. The third-order valence-corrected chi connectivity index (χ3v) is 12.2. The van der Waals surface area contributed by atoms with Gasteiger partial charge in [0.15, 0.2) is 17.2 Å². The van der Waals surface area contributed by atoms with Gasteiger partial charge >= 0.3 is 0 Å². The molecule has 2 unspecified atom stereocenters. The number of hydrogen-bond donors (Lipinski definition) is 0. The van der Waals surface area contributed by atoms with Crippen LogP contribution >= 0.6 is 0 Å². The summed E-state index contributed by atoms with van der Waals surface area (Å²) >= 11 is 0. The molecule has 62 heavy (non-hydrogen) atoms. The molecule has 0 fully saturated rings. The highest BCUT2D eigenvalue weighted by atomic mass is 16.5. The number of aromatic nitrogens is 2. The Hall–Kier alpha value is -8.08. The third-order valence-electron chi connectivity index (χ3n) is 12.2. The van der Waals surface area contributed by atoms with E-state index in [0.717, 1.165) is 94.7 Å². The molecular formula is C58H38N2O2. The Kier molecular flexibility index (Phi) is 8.60. The number of ether oxygens (including phenoxy) is 1. The molecule has 292 valence electrons. The van der Waals surface area contributed by atoms with Crippen LogP contribution in [-0.4, -0.2) is 16.1 Å². The molecule has 1 aliphatic carbocycles. The first-order valence-electron chi connectivity index (χ1n) is 21.1. The van der Waals surface area contributed by atoms with Crippen LogP contribution in [0.1, 0.15) is 17.0 Å².